The average molecular weight is 321 g/mol. The summed E-state index contributed by atoms with van der Waals surface area (Å²) >= 11 is 6.07. The van der Waals surface area contributed by atoms with Gasteiger partial charge < -0.3 is 9.80 Å². The van der Waals surface area contributed by atoms with Gasteiger partial charge >= 0.3 is 0 Å². The van der Waals surface area contributed by atoms with E-state index in [2.05, 4.69) is 28.9 Å². The smallest absolute Gasteiger partial charge is 0.0410 e. The van der Waals surface area contributed by atoms with E-state index in [0.29, 0.717) is 0 Å². The summed E-state index contributed by atoms with van der Waals surface area (Å²) in [5, 5.41) is 0.845. The Labute approximate surface area is 140 Å². The van der Waals surface area contributed by atoms with Gasteiger partial charge in [-0.1, -0.05) is 18.0 Å². The number of benzene rings is 1. The van der Waals surface area contributed by atoms with E-state index < -0.39 is 0 Å². The molecule has 0 amide bonds. The van der Waals surface area contributed by atoms with Crippen molar-refractivity contribution in [2.75, 3.05) is 37.6 Å². The molecular formula is C19H29ClN2. The zero-order valence-corrected chi connectivity index (χ0v) is 14.6. The van der Waals surface area contributed by atoms with E-state index in [1.165, 1.54) is 82.5 Å². The molecule has 122 valence electrons. The van der Waals surface area contributed by atoms with Gasteiger partial charge in [0.2, 0.25) is 0 Å². The number of piperidine rings is 2. The number of likely N-dealkylation sites (tertiary alicyclic amines) is 1. The summed E-state index contributed by atoms with van der Waals surface area (Å²) in [5.74, 6) is 0.922. The van der Waals surface area contributed by atoms with Crippen LogP contribution in [0.25, 0.3) is 0 Å². The minimum atomic E-state index is 0.845. The fourth-order valence-corrected chi connectivity index (χ4v) is 4.21. The lowest BCUT2D eigenvalue weighted by atomic mass is 9.92. The van der Waals surface area contributed by atoms with Crippen LogP contribution in [0.4, 0.5) is 5.69 Å². The Hall–Kier alpha value is -0.730. The molecule has 2 saturated heterocycles. The zero-order valence-electron chi connectivity index (χ0n) is 13.9. The van der Waals surface area contributed by atoms with Crippen molar-refractivity contribution in [3.63, 3.8) is 0 Å². The van der Waals surface area contributed by atoms with E-state index in [-0.39, 0.29) is 0 Å². The molecule has 2 fully saturated rings. The number of rotatable bonds is 4. The third-order valence-electron chi connectivity index (χ3n) is 5.42. The van der Waals surface area contributed by atoms with Crippen LogP contribution in [0, 0.1) is 12.8 Å². The third kappa shape index (κ3) is 4.17. The summed E-state index contributed by atoms with van der Waals surface area (Å²) in [6.45, 7) is 8.57. The minimum Gasteiger partial charge on any atom is -0.371 e. The summed E-state index contributed by atoms with van der Waals surface area (Å²) in [4.78, 5) is 5.22. The highest BCUT2D eigenvalue weighted by atomic mass is 35.5. The Bertz CT molecular complexity index is 474. The van der Waals surface area contributed by atoms with Gasteiger partial charge in [0.25, 0.3) is 0 Å². The molecule has 1 aromatic carbocycles. The van der Waals surface area contributed by atoms with Crippen molar-refractivity contribution in [1.29, 1.82) is 0 Å². The minimum absolute atomic E-state index is 0.845. The van der Waals surface area contributed by atoms with Gasteiger partial charge in [-0.2, -0.15) is 0 Å². The zero-order chi connectivity index (χ0) is 15.4. The van der Waals surface area contributed by atoms with Crippen molar-refractivity contribution in [3.8, 4) is 0 Å². The summed E-state index contributed by atoms with van der Waals surface area (Å²) in [5.41, 5.74) is 2.68. The quantitative estimate of drug-likeness (QED) is 0.790. The molecule has 0 radical (unpaired) electrons. The van der Waals surface area contributed by atoms with Gasteiger partial charge in [-0.25, -0.2) is 0 Å². The number of nitrogens with zero attached hydrogens (tertiary/aromatic N) is 2. The molecule has 0 bridgehead atoms. The maximum Gasteiger partial charge on any atom is 0.0410 e. The van der Waals surface area contributed by atoms with Crippen molar-refractivity contribution in [2.45, 2.75) is 45.4 Å². The molecule has 3 heteroatoms. The molecule has 22 heavy (non-hydrogen) atoms. The molecule has 3 rings (SSSR count). The molecule has 0 atom stereocenters. The average Bonchev–Trinajstić information content (AvgIpc) is 2.55. The van der Waals surface area contributed by atoms with E-state index in [9.17, 15) is 0 Å². The highest BCUT2D eigenvalue weighted by molar-refractivity contribution is 6.30. The van der Waals surface area contributed by atoms with Gasteiger partial charge in [0.05, 0.1) is 0 Å². The van der Waals surface area contributed by atoms with Crippen molar-refractivity contribution in [2.24, 2.45) is 5.92 Å². The van der Waals surface area contributed by atoms with Gasteiger partial charge in [-0.3, -0.25) is 0 Å². The molecular weight excluding hydrogens is 292 g/mol. The lowest BCUT2D eigenvalue weighted by Crippen LogP contribution is -2.36. The van der Waals surface area contributed by atoms with E-state index in [1.54, 1.807) is 0 Å². The fraction of sp³-hybridized carbons (Fsp3) is 0.684. The Morgan fingerprint density at radius 2 is 1.77 bits per heavy atom. The number of anilines is 1. The summed E-state index contributed by atoms with van der Waals surface area (Å²) in [6.07, 6.45) is 8.34. The highest BCUT2D eigenvalue weighted by Gasteiger charge is 2.21. The van der Waals surface area contributed by atoms with Crippen LogP contribution in [0.15, 0.2) is 18.2 Å². The second-order valence-corrected chi connectivity index (χ2v) is 7.49. The van der Waals surface area contributed by atoms with Crippen molar-refractivity contribution >= 4 is 17.3 Å². The molecule has 2 nitrogen and oxygen atoms in total. The van der Waals surface area contributed by atoms with Gasteiger partial charge in [-0.15, -0.1) is 0 Å². The molecule has 0 aliphatic carbocycles. The van der Waals surface area contributed by atoms with Gasteiger partial charge in [0.1, 0.15) is 0 Å². The number of hydrogen-bond donors (Lipinski definition) is 0. The molecule has 0 unspecified atom stereocenters. The number of aryl methyl sites for hydroxylation is 1. The molecule has 0 N–H and O–H groups in total. The van der Waals surface area contributed by atoms with Crippen LogP contribution >= 0.6 is 11.6 Å². The molecule has 2 aliphatic rings. The van der Waals surface area contributed by atoms with E-state index in [4.69, 9.17) is 11.6 Å². The monoisotopic (exact) mass is 320 g/mol. The normalized spacial score (nSPS) is 21.3. The van der Waals surface area contributed by atoms with Crippen LogP contribution in [0.2, 0.25) is 5.02 Å². The number of halogens is 1. The van der Waals surface area contributed by atoms with Crippen LogP contribution in [0.1, 0.15) is 44.1 Å². The molecule has 0 spiro atoms. The fourth-order valence-electron chi connectivity index (χ4n) is 3.98. The first-order valence-electron chi connectivity index (χ1n) is 8.96. The first-order chi connectivity index (χ1) is 10.7. The van der Waals surface area contributed by atoms with Crippen molar-refractivity contribution < 1.29 is 0 Å². The topological polar surface area (TPSA) is 6.48 Å². The van der Waals surface area contributed by atoms with Crippen LogP contribution in [-0.2, 0) is 0 Å². The van der Waals surface area contributed by atoms with Gasteiger partial charge in [0, 0.05) is 23.8 Å². The predicted octanol–water partition coefficient (Wildman–Crippen LogP) is 4.74. The standard InChI is InChI=1S/C19H29ClN2/c1-16-15-18(20)5-6-19(16)22-13-8-17(9-14-22)7-12-21-10-3-2-4-11-21/h5-6,15,17H,2-4,7-14H2,1H3. The summed E-state index contributed by atoms with van der Waals surface area (Å²) in [6, 6.07) is 6.29. The van der Waals surface area contributed by atoms with Gasteiger partial charge in [-0.05, 0) is 88.3 Å². The second-order valence-electron chi connectivity index (χ2n) is 7.05. The lowest BCUT2D eigenvalue weighted by Gasteiger charge is -2.36. The Balaban J connectivity index is 1.45. The molecule has 1 aromatic rings. The SMILES string of the molecule is Cc1cc(Cl)ccc1N1CCC(CCN2CCCCC2)CC1. The molecule has 0 aromatic heterocycles. The highest BCUT2D eigenvalue weighted by Crippen LogP contribution is 2.29. The van der Waals surface area contributed by atoms with Crippen molar-refractivity contribution in [3.05, 3.63) is 28.8 Å². The maximum atomic E-state index is 6.07. The summed E-state index contributed by atoms with van der Waals surface area (Å²) < 4.78 is 0. The Morgan fingerprint density at radius 1 is 1.05 bits per heavy atom. The van der Waals surface area contributed by atoms with Gasteiger partial charge in [0.15, 0.2) is 0 Å². The predicted molar refractivity (Wildman–Crippen MR) is 96.0 cm³/mol. The van der Waals surface area contributed by atoms with Crippen molar-refractivity contribution in [1.82, 2.24) is 4.90 Å². The first-order valence-corrected chi connectivity index (χ1v) is 9.33. The van der Waals surface area contributed by atoms with Crippen LogP contribution in [-0.4, -0.2) is 37.6 Å². The van der Waals surface area contributed by atoms with E-state index in [1.807, 2.05) is 6.07 Å². The Kier molecular flexibility index (Phi) is 5.65. The van der Waals surface area contributed by atoms with Crippen LogP contribution in [0.3, 0.4) is 0 Å². The molecule has 2 heterocycles. The lowest BCUT2D eigenvalue weighted by molar-refractivity contribution is 0.205. The van der Waals surface area contributed by atoms with Crippen LogP contribution in [0.5, 0.6) is 0 Å². The molecule has 2 aliphatic heterocycles. The molecule has 0 saturated carbocycles. The first kappa shape index (κ1) is 16.1. The number of hydrogen-bond acceptors (Lipinski definition) is 2. The second kappa shape index (κ2) is 7.70. The van der Waals surface area contributed by atoms with E-state index >= 15 is 0 Å². The third-order valence-corrected chi connectivity index (χ3v) is 5.65. The maximum absolute atomic E-state index is 6.07. The van der Waals surface area contributed by atoms with E-state index in [0.717, 1.165) is 10.9 Å². The van der Waals surface area contributed by atoms with Crippen LogP contribution < -0.4 is 4.90 Å². The Morgan fingerprint density at radius 3 is 2.45 bits per heavy atom. The largest absolute Gasteiger partial charge is 0.371 e. The summed E-state index contributed by atoms with van der Waals surface area (Å²) in [7, 11) is 0.